The smallest absolute Gasteiger partial charge is 0.0750 e. The Morgan fingerprint density at radius 1 is 1.27 bits per heavy atom. The normalized spacial score (nSPS) is 37.2. The van der Waals surface area contributed by atoms with Gasteiger partial charge in [-0.15, -0.1) is 0 Å². The molecule has 0 aromatic rings. The van der Waals surface area contributed by atoms with Crippen LogP contribution in [-0.4, -0.2) is 22.4 Å². The lowest BCUT2D eigenvalue weighted by Gasteiger charge is -2.55. The van der Waals surface area contributed by atoms with Gasteiger partial charge in [0.15, 0.2) is 0 Å². The molecule has 2 nitrogen and oxygen atoms in total. The van der Waals surface area contributed by atoms with Crippen molar-refractivity contribution < 1.29 is 10.2 Å². The Morgan fingerprint density at radius 3 is 2.55 bits per heavy atom. The Bertz CT molecular complexity index is 472. The summed E-state index contributed by atoms with van der Waals surface area (Å²) in [6.45, 7) is 14.7. The van der Waals surface area contributed by atoms with Gasteiger partial charge in [-0.3, -0.25) is 0 Å². The molecule has 0 aromatic carbocycles. The third kappa shape index (κ3) is 3.72. The first kappa shape index (κ1) is 17.5. The van der Waals surface area contributed by atoms with Gasteiger partial charge in [0, 0.05) is 0 Å². The van der Waals surface area contributed by atoms with Crippen LogP contribution >= 0.6 is 0 Å². The minimum atomic E-state index is -0.378. The number of hydrogen-bond acceptors (Lipinski definition) is 2. The van der Waals surface area contributed by atoms with Crippen molar-refractivity contribution in [3.8, 4) is 0 Å². The van der Waals surface area contributed by atoms with E-state index in [2.05, 4.69) is 20.1 Å². The molecule has 0 aromatic heterocycles. The number of hydrogen-bond donors (Lipinski definition) is 2. The van der Waals surface area contributed by atoms with Crippen molar-refractivity contribution >= 4 is 0 Å². The Balaban J connectivity index is 2.09. The highest BCUT2D eigenvalue weighted by atomic mass is 16.3. The van der Waals surface area contributed by atoms with E-state index in [-0.39, 0.29) is 17.6 Å². The number of aliphatic hydroxyl groups is 2. The summed E-state index contributed by atoms with van der Waals surface area (Å²) in [5.41, 5.74) is 3.59. The van der Waals surface area contributed by atoms with Crippen LogP contribution in [-0.2, 0) is 0 Å². The standard InChI is InChI=1S/C20H32O2/c1-13(2)10-16(21)11-20(5)12-17-14(3)7-9-19(22)15(4)6-8-18(17)20/h10,16-19,21-22H,3-4,6-9,11-12H2,1-2,5H3/t16?,17-,18-,19-,20-/m1/s1. The molecule has 0 heterocycles. The third-order valence-corrected chi connectivity index (χ3v) is 5.78. The van der Waals surface area contributed by atoms with Crippen LogP contribution < -0.4 is 0 Å². The molecular formula is C20H32O2. The highest BCUT2D eigenvalue weighted by Crippen LogP contribution is 2.59. The SMILES string of the molecule is C=C1CC[C@@H]2[C@H](C[C@@]2(C)CC(O)C=C(C)C)C(=C)CC[C@H]1O. The van der Waals surface area contributed by atoms with E-state index in [9.17, 15) is 10.2 Å². The zero-order valence-electron chi connectivity index (χ0n) is 14.4. The summed E-state index contributed by atoms with van der Waals surface area (Å²) in [5, 5.41) is 20.4. The molecule has 1 unspecified atom stereocenters. The molecule has 0 spiro atoms. The van der Waals surface area contributed by atoms with Crippen molar-refractivity contribution in [3.05, 3.63) is 36.0 Å². The van der Waals surface area contributed by atoms with E-state index in [1.807, 2.05) is 19.9 Å². The van der Waals surface area contributed by atoms with E-state index in [0.29, 0.717) is 11.8 Å². The summed E-state index contributed by atoms with van der Waals surface area (Å²) < 4.78 is 0. The second-order valence-corrected chi connectivity index (χ2v) is 8.00. The topological polar surface area (TPSA) is 40.5 Å². The maximum absolute atomic E-state index is 10.3. The van der Waals surface area contributed by atoms with Crippen LogP contribution in [0.25, 0.3) is 0 Å². The van der Waals surface area contributed by atoms with Gasteiger partial charge >= 0.3 is 0 Å². The Kier molecular flexibility index (Phi) is 5.34. The first-order valence-corrected chi connectivity index (χ1v) is 8.59. The molecule has 2 rings (SSSR count). The zero-order valence-corrected chi connectivity index (χ0v) is 14.4. The predicted molar refractivity (Wildman–Crippen MR) is 92.5 cm³/mol. The zero-order chi connectivity index (χ0) is 16.5. The highest BCUT2D eigenvalue weighted by Gasteiger charge is 2.51. The molecule has 124 valence electrons. The van der Waals surface area contributed by atoms with E-state index in [1.54, 1.807) is 0 Å². The average molecular weight is 304 g/mol. The van der Waals surface area contributed by atoms with Crippen LogP contribution in [0.5, 0.6) is 0 Å². The van der Waals surface area contributed by atoms with Crippen molar-refractivity contribution in [2.24, 2.45) is 17.3 Å². The van der Waals surface area contributed by atoms with Crippen LogP contribution in [0.1, 0.15) is 59.3 Å². The van der Waals surface area contributed by atoms with Gasteiger partial charge in [-0.2, -0.15) is 0 Å². The minimum Gasteiger partial charge on any atom is -0.389 e. The average Bonchev–Trinajstić information content (AvgIpc) is 2.43. The van der Waals surface area contributed by atoms with Gasteiger partial charge in [0.1, 0.15) is 0 Å². The highest BCUT2D eigenvalue weighted by molar-refractivity contribution is 5.18. The number of aliphatic hydroxyl groups excluding tert-OH is 2. The summed E-state index contributed by atoms with van der Waals surface area (Å²) in [4.78, 5) is 0. The van der Waals surface area contributed by atoms with Gasteiger partial charge in [-0.25, -0.2) is 0 Å². The van der Waals surface area contributed by atoms with Gasteiger partial charge in [0.25, 0.3) is 0 Å². The maximum Gasteiger partial charge on any atom is 0.0750 e. The van der Waals surface area contributed by atoms with Crippen molar-refractivity contribution in [1.29, 1.82) is 0 Å². The van der Waals surface area contributed by atoms with Crippen LogP contribution in [0.15, 0.2) is 36.0 Å². The first-order valence-electron chi connectivity index (χ1n) is 8.59. The Labute approximate surface area is 135 Å². The summed E-state index contributed by atoms with van der Waals surface area (Å²) in [6.07, 6.45) is 6.77. The molecule has 0 saturated heterocycles. The van der Waals surface area contributed by atoms with Gasteiger partial charge in [-0.05, 0) is 75.2 Å². The van der Waals surface area contributed by atoms with E-state index >= 15 is 0 Å². The number of fused-ring (bicyclic) bond motifs is 1. The van der Waals surface area contributed by atoms with Crippen LogP contribution in [0, 0.1) is 17.3 Å². The molecule has 2 heteroatoms. The fourth-order valence-corrected chi connectivity index (χ4v) is 4.48. The van der Waals surface area contributed by atoms with Crippen molar-refractivity contribution in [2.45, 2.75) is 71.5 Å². The van der Waals surface area contributed by atoms with E-state index < -0.39 is 0 Å². The van der Waals surface area contributed by atoms with Gasteiger partial charge in [-0.1, -0.05) is 37.3 Å². The Morgan fingerprint density at radius 2 is 1.91 bits per heavy atom. The monoisotopic (exact) mass is 304 g/mol. The fourth-order valence-electron chi connectivity index (χ4n) is 4.48. The third-order valence-electron chi connectivity index (χ3n) is 5.78. The molecule has 22 heavy (non-hydrogen) atoms. The quantitative estimate of drug-likeness (QED) is 0.759. The molecule has 2 saturated carbocycles. The Hall–Kier alpha value is -0.860. The molecule has 5 atom stereocenters. The second kappa shape index (κ2) is 6.72. The lowest BCUT2D eigenvalue weighted by molar-refractivity contribution is -0.0436. The molecule has 2 N–H and O–H groups in total. The van der Waals surface area contributed by atoms with Crippen molar-refractivity contribution in [2.75, 3.05) is 0 Å². The number of rotatable bonds is 3. The lowest BCUT2D eigenvalue weighted by atomic mass is 9.49. The largest absolute Gasteiger partial charge is 0.389 e. The maximum atomic E-state index is 10.3. The molecule has 0 radical (unpaired) electrons. The molecular weight excluding hydrogens is 272 g/mol. The van der Waals surface area contributed by atoms with Gasteiger partial charge < -0.3 is 10.2 Å². The molecule has 0 bridgehead atoms. The molecule has 2 aliphatic rings. The predicted octanol–water partition coefficient (Wildman–Crippen LogP) is 4.39. The van der Waals surface area contributed by atoms with E-state index in [4.69, 9.17) is 0 Å². The molecule has 2 fully saturated rings. The first-order chi connectivity index (χ1) is 10.2. The van der Waals surface area contributed by atoms with Gasteiger partial charge in [0.2, 0.25) is 0 Å². The lowest BCUT2D eigenvalue weighted by Crippen LogP contribution is -2.48. The molecule has 0 aliphatic heterocycles. The van der Waals surface area contributed by atoms with Crippen LogP contribution in [0.2, 0.25) is 0 Å². The number of allylic oxidation sites excluding steroid dienone is 2. The molecule has 2 aliphatic carbocycles. The summed E-state index contributed by atoms with van der Waals surface area (Å²) in [7, 11) is 0. The minimum absolute atomic E-state index is 0.175. The van der Waals surface area contributed by atoms with Gasteiger partial charge in [0.05, 0.1) is 12.2 Å². The second-order valence-electron chi connectivity index (χ2n) is 8.00. The fraction of sp³-hybridized carbons (Fsp3) is 0.700. The van der Waals surface area contributed by atoms with Crippen molar-refractivity contribution in [3.63, 3.8) is 0 Å². The summed E-state index contributed by atoms with van der Waals surface area (Å²) in [6, 6.07) is 0. The van der Waals surface area contributed by atoms with E-state index in [0.717, 1.165) is 44.1 Å². The van der Waals surface area contributed by atoms with Crippen molar-refractivity contribution in [1.82, 2.24) is 0 Å². The van der Waals surface area contributed by atoms with E-state index in [1.165, 1.54) is 11.1 Å². The summed E-state index contributed by atoms with van der Waals surface area (Å²) in [5.74, 6) is 1.12. The molecule has 0 amide bonds. The van der Waals surface area contributed by atoms with Crippen LogP contribution in [0.4, 0.5) is 0 Å². The van der Waals surface area contributed by atoms with Crippen LogP contribution in [0.3, 0.4) is 0 Å². The summed E-state index contributed by atoms with van der Waals surface area (Å²) >= 11 is 0.